The van der Waals surface area contributed by atoms with Crippen LogP contribution >= 0.6 is 12.6 Å². The molecule has 0 unspecified atom stereocenters. The van der Waals surface area contributed by atoms with Crippen LogP contribution in [0.2, 0.25) is 0 Å². The molecule has 1 fully saturated rings. The maximum absolute atomic E-state index is 11.7. The van der Waals surface area contributed by atoms with Crippen molar-refractivity contribution < 1.29 is 9.21 Å². The van der Waals surface area contributed by atoms with Gasteiger partial charge in [0.1, 0.15) is 5.76 Å². The highest BCUT2D eigenvalue weighted by Gasteiger charge is 2.14. The fourth-order valence-electron chi connectivity index (χ4n) is 2.18. The van der Waals surface area contributed by atoms with Crippen LogP contribution < -0.4 is 5.32 Å². The van der Waals surface area contributed by atoms with Crippen LogP contribution in [-0.2, 0) is 6.54 Å². The number of nitrogens with zero attached hydrogens (tertiary/aromatic N) is 1. The Morgan fingerprint density at radius 1 is 1.33 bits per heavy atom. The van der Waals surface area contributed by atoms with Crippen LogP contribution in [0.15, 0.2) is 16.5 Å². The molecule has 18 heavy (non-hydrogen) atoms. The van der Waals surface area contributed by atoms with E-state index >= 15 is 0 Å². The molecule has 1 saturated heterocycles. The highest BCUT2D eigenvalue weighted by atomic mass is 32.1. The first-order chi connectivity index (χ1) is 8.79. The summed E-state index contributed by atoms with van der Waals surface area (Å²) >= 11 is 4.05. The Hall–Kier alpha value is -0.940. The Kier molecular flexibility index (Phi) is 5.13. The molecule has 1 amide bonds. The van der Waals surface area contributed by atoms with Crippen molar-refractivity contribution in [2.45, 2.75) is 25.8 Å². The number of rotatable bonds is 5. The number of hydrogen-bond donors (Lipinski definition) is 2. The first-order valence-electron chi connectivity index (χ1n) is 6.50. The van der Waals surface area contributed by atoms with Gasteiger partial charge < -0.3 is 9.73 Å². The molecule has 1 N–H and O–H groups in total. The van der Waals surface area contributed by atoms with Crippen molar-refractivity contribution >= 4 is 18.5 Å². The predicted molar refractivity (Wildman–Crippen MR) is 74.0 cm³/mol. The number of amides is 1. The highest BCUT2D eigenvalue weighted by molar-refractivity contribution is 7.80. The molecule has 1 aromatic rings. The Morgan fingerprint density at radius 2 is 2.11 bits per heavy atom. The first-order valence-corrected chi connectivity index (χ1v) is 7.13. The van der Waals surface area contributed by atoms with Gasteiger partial charge in [0.2, 0.25) is 0 Å². The van der Waals surface area contributed by atoms with Crippen LogP contribution in [0.4, 0.5) is 0 Å². The molecule has 4 nitrogen and oxygen atoms in total. The quantitative estimate of drug-likeness (QED) is 0.802. The van der Waals surface area contributed by atoms with Gasteiger partial charge in [-0.05, 0) is 38.1 Å². The third-order valence-corrected chi connectivity index (χ3v) is 3.33. The molecule has 0 bridgehead atoms. The molecule has 2 heterocycles. The minimum atomic E-state index is -0.158. The summed E-state index contributed by atoms with van der Waals surface area (Å²) in [5.41, 5.74) is 0. The number of furan rings is 1. The van der Waals surface area contributed by atoms with E-state index in [1.165, 1.54) is 19.3 Å². The summed E-state index contributed by atoms with van der Waals surface area (Å²) < 4.78 is 5.57. The van der Waals surface area contributed by atoms with Crippen molar-refractivity contribution in [2.24, 2.45) is 0 Å². The van der Waals surface area contributed by atoms with Crippen LogP contribution in [0.1, 0.15) is 35.6 Å². The van der Waals surface area contributed by atoms with Gasteiger partial charge in [0.15, 0.2) is 5.76 Å². The number of hydrogen-bond acceptors (Lipinski definition) is 4. The summed E-state index contributed by atoms with van der Waals surface area (Å²) in [4.78, 5) is 14.0. The first kappa shape index (κ1) is 13.5. The zero-order chi connectivity index (χ0) is 12.8. The smallest absolute Gasteiger partial charge is 0.287 e. The van der Waals surface area contributed by atoms with Crippen LogP contribution in [0.25, 0.3) is 0 Å². The molecule has 0 radical (unpaired) electrons. The molecule has 5 heteroatoms. The van der Waals surface area contributed by atoms with Gasteiger partial charge in [-0.25, -0.2) is 0 Å². The fraction of sp³-hybridized carbons (Fsp3) is 0.615. The van der Waals surface area contributed by atoms with E-state index < -0.39 is 0 Å². The molecule has 0 aliphatic carbocycles. The van der Waals surface area contributed by atoms with Gasteiger partial charge in [0, 0.05) is 12.3 Å². The number of likely N-dealkylation sites (tertiary alicyclic amines) is 1. The fourth-order valence-corrected chi connectivity index (χ4v) is 2.29. The van der Waals surface area contributed by atoms with Crippen molar-refractivity contribution in [1.29, 1.82) is 0 Å². The highest BCUT2D eigenvalue weighted by Crippen LogP contribution is 2.15. The molecule has 0 aromatic carbocycles. The van der Waals surface area contributed by atoms with E-state index in [2.05, 4.69) is 22.8 Å². The summed E-state index contributed by atoms with van der Waals surface area (Å²) in [6, 6.07) is 3.64. The zero-order valence-corrected chi connectivity index (χ0v) is 11.4. The van der Waals surface area contributed by atoms with E-state index in [4.69, 9.17) is 4.42 Å². The average molecular weight is 268 g/mol. The van der Waals surface area contributed by atoms with Crippen molar-refractivity contribution in [1.82, 2.24) is 10.2 Å². The predicted octanol–water partition coefficient (Wildman–Crippen LogP) is 1.93. The van der Waals surface area contributed by atoms with E-state index in [1.807, 2.05) is 6.07 Å². The van der Waals surface area contributed by atoms with Crippen molar-refractivity contribution in [3.8, 4) is 0 Å². The van der Waals surface area contributed by atoms with E-state index in [9.17, 15) is 4.79 Å². The van der Waals surface area contributed by atoms with Crippen LogP contribution in [0.3, 0.4) is 0 Å². The summed E-state index contributed by atoms with van der Waals surface area (Å²) in [6.45, 7) is 3.62. The second kappa shape index (κ2) is 6.85. The summed E-state index contributed by atoms with van der Waals surface area (Å²) in [5.74, 6) is 1.73. The lowest BCUT2D eigenvalue weighted by Crippen LogP contribution is -2.29. The Labute approximate surface area is 113 Å². The van der Waals surface area contributed by atoms with Crippen molar-refractivity contribution in [3.63, 3.8) is 0 Å². The summed E-state index contributed by atoms with van der Waals surface area (Å²) in [5, 5.41) is 2.74. The maximum atomic E-state index is 11.7. The van der Waals surface area contributed by atoms with Gasteiger partial charge >= 0.3 is 0 Å². The summed E-state index contributed by atoms with van der Waals surface area (Å²) in [6.07, 6.45) is 3.85. The van der Waals surface area contributed by atoms with Crippen LogP contribution in [0, 0.1) is 0 Å². The van der Waals surface area contributed by atoms with Gasteiger partial charge in [-0.3, -0.25) is 9.69 Å². The van der Waals surface area contributed by atoms with E-state index in [0.29, 0.717) is 18.1 Å². The normalized spacial score (nSPS) is 16.7. The van der Waals surface area contributed by atoms with Gasteiger partial charge in [-0.1, -0.05) is 6.42 Å². The van der Waals surface area contributed by atoms with Gasteiger partial charge in [0.05, 0.1) is 6.54 Å². The van der Waals surface area contributed by atoms with Gasteiger partial charge in [-0.2, -0.15) is 12.6 Å². The molecule has 0 saturated carbocycles. The molecule has 1 aromatic heterocycles. The number of nitrogens with one attached hydrogen (secondary N) is 1. The molecule has 0 spiro atoms. The number of carbonyl (C=O) groups is 1. The molecule has 100 valence electrons. The van der Waals surface area contributed by atoms with Crippen molar-refractivity contribution in [2.75, 3.05) is 25.4 Å². The molecule has 1 aliphatic rings. The monoisotopic (exact) mass is 268 g/mol. The topological polar surface area (TPSA) is 45.5 Å². The lowest BCUT2D eigenvalue weighted by Gasteiger charge is -2.25. The van der Waals surface area contributed by atoms with Crippen molar-refractivity contribution in [3.05, 3.63) is 23.7 Å². The van der Waals surface area contributed by atoms with Crippen LogP contribution in [0.5, 0.6) is 0 Å². The van der Waals surface area contributed by atoms with Crippen LogP contribution in [-0.4, -0.2) is 36.2 Å². The number of piperidine rings is 1. The van der Waals surface area contributed by atoms with Gasteiger partial charge in [0.25, 0.3) is 5.91 Å². The lowest BCUT2D eigenvalue weighted by molar-refractivity contribution is 0.0924. The number of carbonyl (C=O) groups excluding carboxylic acids is 1. The average Bonchev–Trinajstić information content (AvgIpc) is 2.86. The second-order valence-corrected chi connectivity index (χ2v) is 5.03. The largest absolute Gasteiger partial charge is 0.455 e. The van der Waals surface area contributed by atoms with E-state index in [0.717, 1.165) is 25.4 Å². The molecule has 0 atom stereocenters. The lowest BCUT2D eigenvalue weighted by atomic mass is 10.1. The summed E-state index contributed by atoms with van der Waals surface area (Å²) in [7, 11) is 0. The molecular weight excluding hydrogens is 248 g/mol. The SMILES string of the molecule is O=C(NCCS)c1ccc(CN2CCCCC2)o1. The second-order valence-electron chi connectivity index (χ2n) is 4.58. The minimum Gasteiger partial charge on any atom is -0.455 e. The molecule has 2 rings (SSSR count). The molecular formula is C13H20N2O2S. The van der Waals surface area contributed by atoms with E-state index in [1.54, 1.807) is 6.07 Å². The number of thiol groups is 1. The zero-order valence-electron chi connectivity index (χ0n) is 10.5. The maximum Gasteiger partial charge on any atom is 0.287 e. The standard InChI is InChI=1S/C13H20N2O2S/c16-13(14-6-9-18)12-5-4-11(17-12)10-15-7-2-1-3-8-15/h4-5,18H,1-3,6-10H2,(H,14,16). The Bertz CT molecular complexity index is 386. The van der Waals surface area contributed by atoms with Gasteiger partial charge in [-0.15, -0.1) is 0 Å². The Balaban J connectivity index is 1.86. The third-order valence-electron chi connectivity index (χ3n) is 3.11. The molecule has 1 aliphatic heterocycles. The Morgan fingerprint density at radius 3 is 2.83 bits per heavy atom. The minimum absolute atomic E-state index is 0.158. The van der Waals surface area contributed by atoms with E-state index in [-0.39, 0.29) is 5.91 Å². The third kappa shape index (κ3) is 3.78.